The molecule has 0 aliphatic heterocycles. The smallest absolute Gasteiger partial charge is 0.345 e. The van der Waals surface area contributed by atoms with Gasteiger partial charge in [0.15, 0.2) is 11.5 Å². The molecule has 7 nitrogen and oxygen atoms in total. The first kappa shape index (κ1) is 18.2. The molecule has 138 valence electrons. The topological polar surface area (TPSA) is 79.8 Å². The van der Waals surface area contributed by atoms with Crippen molar-refractivity contribution in [1.82, 2.24) is 10.2 Å². The van der Waals surface area contributed by atoms with Crippen LogP contribution in [0.15, 0.2) is 54.6 Å². The van der Waals surface area contributed by atoms with E-state index < -0.39 is 5.97 Å². The first-order valence-electron chi connectivity index (χ1n) is 8.07. The van der Waals surface area contributed by atoms with E-state index in [2.05, 4.69) is 10.2 Å². The van der Waals surface area contributed by atoms with Crippen LogP contribution < -0.4 is 18.9 Å². The van der Waals surface area contributed by atoms with Gasteiger partial charge < -0.3 is 18.9 Å². The van der Waals surface area contributed by atoms with Crippen LogP contribution in [-0.4, -0.2) is 37.5 Å². The molecule has 0 saturated carbocycles. The number of benzene rings is 2. The highest BCUT2D eigenvalue weighted by Gasteiger charge is 2.14. The fourth-order valence-corrected chi connectivity index (χ4v) is 2.41. The minimum Gasteiger partial charge on any atom is -0.497 e. The van der Waals surface area contributed by atoms with Crippen LogP contribution in [0.3, 0.4) is 0 Å². The van der Waals surface area contributed by atoms with Crippen molar-refractivity contribution < 1.29 is 23.7 Å². The Bertz CT molecular complexity index is 924. The Balaban J connectivity index is 1.73. The highest BCUT2D eigenvalue weighted by molar-refractivity contribution is 5.91. The molecule has 0 bridgehead atoms. The van der Waals surface area contributed by atoms with E-state index in [1.54, 1.807) is 37.4 Å². The van der Waals surface area contributed by atoms with Gasteiger partial charge in [-0.05, 0) is 48.5 Å². The third-order valence-corrected chi connectivity index (χ3v) is 3.84. The number of aromatic nitrogens is 2. The van der Waals surface area contributed by atoms with Gasteiger partial charge in [-0.2, -0.15) is 0 Å². The van der Waals surface area contributed by atoms with Gasteiger partial charge >= 0.3 is 5.97 Å². The zero-order valence-electron chi connectivity index (χ0n) is 15.1. The molecule has 3 aromatic rings. The van der Waals surface area contributed by atoms with Crippen molar-refractivity contribution in [2.24, 2.45) is 0 Å². The molecule has 0 aliphatic carbocycles. The number of carbonyl (C=O) groups excluding carboxylic acids is 1. The van der Waals surface area contributed by atoms with E-state index in [0.717, 1.165) is 11.3 Å². The van der Waals surface area contributed by atoms with Gasteiger partial charge in [-0.25, -0.2) is 4.79 Å². The van der Waals surface area contributed by atoms with Gasteiger partial charge in [0.2, 0.25) is 5.88 Å². The lowest BCUT2D eigenvalue weighted by atomic mass is 10.1. The zero-order chi connectivity index (χ0) is 19.2. The number of esters is 1. The Kier molecular flexibility index (Phi) is 5.51. The van der Waals surface area contributed by atoms with Crippen LogP contribution in [-0.2, 0) is 0 Å². The van der Waals surface area contributed by atoms with E-state index in [1.807, 2.05) is 24.3 Å². The highest BCUT2D eigenvalue weighted by atomic mass is 16.5. The van der Waals surface area contributed by atoms with Crippen LogP contribution in [0.1, 0.15) is 10.4 Å². The molecule has 0 atom stereocenters. The third kappa shape index (κ3) is 4.14. The second-order valence-corrected chi connectivity index (χ2v) is 5.44. The molecule has 0 aliphatic rings. The minimum atomic E-state index is -0.567. The predicted octanol–water partition coefficient (Wildman–Crippen LogP) is 3.39. The molecule has 0 saturated heterocycles. The van der Waals surface area contributed by atoms with Crippen LogP contribution >= 0.6 is 0 Å². The standard InChI is InChI=1S/C20H18N2O5/c1-24-15-7-4-13(5-8-15)16-9-11-19(22-21-16)27-20(23)14-6-10-17(25-2)18(12-14)26-3/h4-12H,1-3H3. The lowest BCUT2D eigenvalue weighted by Gasteiger charge is -2.09. The molecule has 2 aromatic carbocycles. The van der Waals surface area contributed by atoms with E-state index in [0.29, 0.717) is 22.8 Å². The summed E-state index contributed by atoms with van der Waals surface area (Å²) in [5.41, 5.74) is 1.85. The second kappa shape index (κ2) is 8.18. The molecule has 3 rings (SSSR count). The highest BCUT2D eigenvalue weighted by Crippen LogP contribution is 2.28. The first-order valence-corrected chi connectivity index (χ1v) is 8.07. The SMILES string of the molecule is COc1ccc(-c2ccc(OC(=O)c3ccc(OC)c(OC)c3)nn2)cc1. The summed E-state index contributed by atoms with van der Waals surface area (Å²) in [6.45, 7) is 0. The molecule has 0 radical (unpaired) electrons. The van der Waals surface area contributed by atoms with Gasteiger partial charge in [0.1, 0.15) is 5.75 Å². The van der Waals surface area contributed by atoms with Crippen molar-refractivity contribution >= 4 is 5.97 Å². The fourth-order valence-electron chi connectivity index (χ4n) is 2.41. The summed E-state index contributed by atoms with van der Waals surface area (Å²) >= 11 is 0. The zero-order valence-corrected chi connectivity index (χ0v) is 15.1. The van der Waals surface area contributed by atoms with E-state index in [4.69, 9.17) is 18.9 Å². The maximum absolute atomic E-state index is 12.3. The van der Waals surface area contributed by atoms with Crippen molar-refractivity contribution in [2.45, 2.75) is 0 Å². The van der Waals surface area contributed by atoms with Gasteiger partial charge in [0.25, 0.3) is 0 Å². The van der Waals surface area contributed by atoms with Crippen LogP contribution in [0, 0.1) is 0 Å². The Labute approximate surface area is 156 Å². The largest absolute Gasteiger partial charge is 0.497 e. The lowest BCUT2D eigenvalue weighted by Crippen LogP contribution is -2.10. The van der Waals surface area contributed by atoms with Crippen molar-refractivity contribution in [3.63, 3.8) is 0 Å². The Hall–Kier alpha value is -3.61. The number of rotatable bonds is 6. The summed E-state index contributed by atoms with van der Waals surface area (Å²) < 4.78 is 20.7. The predicted molar refractivity (Wildman–Crippen MR) is 98.5 cm³/mol. The Morgan fingerprint density at radius 2 is 1.52 bits per heavy atom. The maximum Gasteiger partial charge on any atom is 0.345 e. The summed E-state index contributed by atoms with van der Waals surface area (Å²) in [5, 5.41) is 8.06. The lowest BCUT2D eigenvalue weighted by molar-refractivity contribution is 0.0725. The number of ether oxygens (including phenoxy) is 4. The molecule has 0 N–H and O–H groups in total. The normalized spacial score (nSPS) is 10.2. The minimum absolute atomic E-state index is 0.104. The Morgan fingerprint density at radius 1 is 0.778 bits per heavy atom. The van der Waals surface area contributed by atoms with Crippen LogP contribution in [0.2, 0.25) is 0 Å². The monoisotopic (exact) mass is 366 g/mol. The first-order chi connectivity index (χ1) is 13.1. The van der Waals surface area contributed by atoms with Crippen molar-refractivity contribution in [3.8, 4) is 34.4 Å². The average molecular weight is 366 g/mol. The molecule has 1 aromatic heterocycles. The van der Waals surface area contributed by atoms with Crippen LogP contribution in [0.25, 0.3) is 11.3 Å². The molecule has 0 spiro atoms. The average Bonchev–Trinajstić information content (AvgIpc) is 2.73. The maximum atomic E-state index is 12.3. The second-order valence-electron chi connectivity index (χ2n) is 5.44. The molecular weight excluding hydrogens is 348 g/mol. The van der Waals surface area contributed by atoms with Crippen LogP contribution in [0.5, 0.6) is 23.1 Å². The quantitative estimate of drug-likeness (QED) is 0.619. The number of carbonyl (C=O) groups is 1. The van der Waals surface area contributed by atoms with Gasteiger partial charge in [0.05, 0.1) is 32.6 Å². The van der Waals surface area contributed by atoms with Crippen molar-refractivity contribution in [2.75, 3.05) is 21.3 Å². The Morgan fingerprint density at radius 3 is 2.11 bits per heavy atom. The molecule has 1 heterocycles. The van der Waals surface area contributed by atoms with E-state index in [9.17, 15) is 4.79 Å². The van der Waals surface area contributed by atoms with Crippen LogP contribution in [0.4, 0.5) is 0 Å². The van der Waals surface area contributed by atoms with Crippen molar-refractivity contribution in [3.05, 3.63) is 60.2 Å². The number of nitrogens with zero attached hydrogens (tertiary/aromatic N) is 2. The fraction of sp³-hybridized carbons (Fsp3) is 0.150. The van der Waals surface area contributed by atoms with E-state index in [-0.39, 0.29) is 5.88 Å². The van der Waals surface area contributed by atoms with Gasteiger partial charge in [-0.1, -0.05) is 0 Å². The summed E-state index contributed by atoms with van der Waals surface area (Å²) in [6, 6.07) is 15.5. The van der Waals surface area contributed by atoms with Gasteiger partial charge in [0, 0.05) is 11.6 Å². The summed E-state index contributed by atoms with van der Waals surface area (Å²) in [6.07, 6.45) is 0. The van der Waals surface area contributed by atoms with E-state index >= 15 is 0 Å². The summed E-state index contributed by atoms with van der Waals surface area (Å²) in [5.74, 6) is 1.26. The van der Waals surface area contributed by atoms with Gasteiger partial charge in [-0.15, -0.1) is 10.2 Å². The molecule has 7 heteroatoms. The summed E-state index contributed by atoms with van der Waals surface area (Å²) in [4.78, 5) is 12.3. The summed E-state index contributed by atoms with van der Waals surface area (Å²) in [7, 11) is 4.63. The number of methoxy groups -OCH3 is 3. The third-order valence-electron chi connectivity index (χ3n) is 3.84. The molecule has 0 unspecified atom stereocenters. The molecule has 27 heavy (non-hydrogen) atoms. The molecular formula is C20H18N2O5. The van der Waals surface area contributed by atoms with E-state index in [1.165, 1.54) is 14.2 Å². The number of hydrogen-bond acceptors (Lipinski definition) is 7. The number of hydrogen-bond donors (Lipinski definition) is 0. The molecule has 0 amide bonds. The molecule has 0 fully saturated rings. The van der Waals surface area contributed by atoms with Crippen molar-refractivity contribution in [1.29, 1.82) is 0 Å². The van der Waals surface area contributed by atoms with Gasteiger partial charge in [-0.3, -0.25) is 0 Å².